The summed E-state index contributed by atoms with van der Waals surface area (Å²) in [7, 11) is 7.03. The Bertz CT molecular complexity index is 1780. The molecule has 0 bridgehead atoms. The second-order valence-corrected chi connectivity index (χ2v) is 20.6. The minimum atomic E-state index is -2.83. The molecule has 240 valence electrons. The average molecular weight is 779 g/mol. The molecule has 10 radical (unpaired) electrons. The quantitative estimate of drug-likeness (QED) is 0.181. The molecule has 0 saturated heterocycles. The Morgan fingerprint density at radius 3 is 1.30 bits per heavy atom. The van der Waals surface area contributed by atoms with Crippen molar-refractivity contribution in [2.75, 3.05) is 0 Å². The molecule has 2 unspecified atom stereocenters. The van der Waals surface area contributed by atoms with Gasteiger partial charge in [0.15, 0.2) is 0 Å². The number of allylic oxidation sites excluding steroid dienone is 8. The maximum atomic E-state index is 4.93. The van der Waals surface area contributed by atoms with Crippen LogP contribution in [-0.2, 0) is 20.8 Å². The molecule has 0 N–H and O–H groups in total. The zero-order valence-corrected chi connectivity index (χ0v) is 33.0. The number of hydrogen-bond acceptors (Lipinski definition) is 0. The monoisotopic (exact) mass is 776 g/mol. The van der Waals surface area contributed by atoms with Gasteiger partial charge in [-0.1, -0.05) is 172 Å². The van der Waals surface area contributed by atoms with Gasteiger partial charge in [-0.15, -0.1) is 0 Å². The Morgan fingerprint density at radius 1 is 0.500 bits per heavy atom. The summed E-state index contributed by atoms with van der Waals surface area (Å²) in [6, 6.07) is 40.7. The molecule has 2 atom stereocenters. The number of rotatable bonds is 4. The van der Waals surface area contributed by atoms with Crippen molar-refractivity contribution in [3.05, 3.63) is 228 Å². The third-order valence-electron chi connectivity index (χ3n) is 10.7. The van der Waals surface area contributed by atoms with Crippen LogP contribution in [0.1, 0.15) is 36.8 Å². The summed E-state index contributed by atoms with van der Waals surface area (Å²) in [6.07, 6.45) is 23.7. The first kappa shape index (κ1) is 34.6. The van der Waals surface area contributed by atoms with Crippen LogP contribution in [0.15, 0.2) is 158 Å². The van der Waals surface area contributed by atoms with Crippen molar-refractivity contribution in [3.63, 3.8) is 0 Å². The van der Waals surface area contributed by atoms with E-state index in [1.807, 2.05) is 0 Å². The zero-order valence-electron chi connectivity index (χ0n) is 28.1. The van der Waals surface area contributed by atoms with Gasteiger partial charge in [-0.25, -0.2) is 0 Å². The summed E-state index contributed by atoms with van der Waals surface area (Å²) in [5, 5.41) is 3.02. The Morgan fingerprint density at radius 2 is 0.880 bits per heavy atom. The zero-order chi connectivity index (χ0) is 34.2. The SMILES string of the molecule is C[C]1[CH][C]2[C](C=CC=CC2c2ccccc2)[C]1[Si]1([C]2[C](C)[CH][C]3[C]2C=CC=CC3c2ccccc2)c2ccccc2-c2ccccc21.[Cl][Zr+2][Cl]. The van der Waals surface area contributed by atoms with Gasteiger partial charge in [0.1, 0.15) is 8.07 Å². The molecule has 1 aliphatic heterocycles. The Hall–Kier alpha value is -2.48. The van der Waals surface area contributed by atoms with Crippen LogP contribution < -0.4 is 10.4 Å². The fourth-order valence-electron chi connectivity index (χ4n) is 9.01. The average Bonchev–Trinajstić information content (AvgIpc) is 3.61. The van der Waals surface area contributed by atoms with E-state index in [4.69, 9.17) is 17.0 Å². The fraction of sp³-hybridized carbons (Fsp3) is 0.0870. The van der Waals surface area contributed by atoms with Gasteiger partial charge in [0.25, 0.3) is 0 Å². The summed E-state index contributed by atoms with van der Waals surface area (Å²) in [4.78, 5) is 0. The van der Waals surface area contributed by atoms with Gasteiger partial charge in [-0.05, 0) is 68.4 Å². The van der Waals surface area contributed by atoms with Crippen LogP contribution in [-0.4, -0.2) is 8.07 Å². The predicted octanol–water partition coefficient (Wildman–Crippen LogP) is 10.6. The molecule has 1 heterocycles. The molecule has 50 heavy (non-hydrogen) atoms. The van der Waals surface area contributed by atoms with Gasteiger partial charge in [-0.3, -0.25) is 0 Å². The second kappa shape index (κ2) is 14.9. The van der Waals surface area contributed by atoms with E-state index in [1.54, 1.807) is 11.1 Å². The summed E-state index contributed by atoms with van der Waals surface area (Å²) in [6.45, 7) is 4.76. The third-order valence-corrected chi connectivity index (χ3v) is 16.1. The van der Waals surface area contributed by atoms with Crippen LogP contribution in [0.5, 0.6) is 0 Å². The number of hydrogen-bond donors (Lipinski definition) is 0. The van der Waals surface area contributed by atoms with E-state index in [9.17, 15) is 0 Å². The molecule has 4 aromatic rings. The van der Waals surface area contributed by atoms with E-state index < -0.39 is 28.9 Å². The molecule has 2 saturated carbocycles. The maximum absolute atomic E-state index is 4.93. The Balaban J connectivity index is 0.00000116. The van der Waals surface area contributed by atoms with Gasteiger partial charge in [0.05, 0.1) is 0 Å². The first-order chi connectivity index (χ1) is 24.6. The standard InChI is InChI=1S/C46H36Si.2ClH.Zr/c1-31-29-41-35(33-17-5-3-6-18-33)21-9-11-25-39(41)45(31)47(43-27-15-13-23-37(43)38-24-14-16-28-44(38)47)46-32(2)30-42-36(22-10-12-26-40(42)46)34-19-7-4-8-20-34;;;/h3-30,35-36H,1-2H3;2*1H;/q;;;+4/p-2. The van der Waals surface area contributed by atoms with E-state index in [1.165, 1.54) is 68.1 Å². The van der Waals surface area contributed by atoms with E-state index in [2.05, 4.69) is 184 Å². The number of fused-ring (bicyclic) bond motifs is 5. The molecule has 0 spiro atoms. The van der Waals surface area contributed by atoms with E-state index in [-0.39, 0.29) is 11.8 Å². The molecule has 4 heteroatoms. The molecule has 2 fully saturated rings. The topological polar surface area (TPSA) is 0 Å². The minimum absolute atomic E-state index is 0.205. The Kier molecular flexibility index (Phi) is 10.3. The van der Waals surface area contributed by atoms with E-state index in [0.717, 1.165) is 0 Å². The molecular formula is C46H36Cl2SiZr+2. The van der Waals surface area contributed by atoms with Gasteiger partial charge in [-0.2, -0.15) is 0 Å². The van der Waals surface area contributed by atoms with Crippen molar-refractivity contribution >= 4 is 35.5 Å². The molecule has 9 rings (SSSR count). The van der Waals surface area contributed by atoms with Gasteiger partial charge in [0, 0.05) is 35.5 Å². The van der Waals surface area contributed by atoms with Crippen LogP contribution in [0.3, 0.4) is 0 Å². The van der Waals surface area contributed by atoms with Crippen LogP contribution in [0, 0.1) is 59.4 Å². The fourth-order valence-corrected chi connectivity index (χ4v) is 15.2. The number of halogens is 2. The first-order valence-corrected chi connectivity index (χ1v) is 25.5. The van der Waals surface area contributed by atoms with Crippen molar-refractivity contribution in [2.45, 2.75) is 25.7 Å². The predicted molar refractivity (Wildman–Crippen MR) is 209 cm³/mol. The Labute approximate surface area is 319 Å². The summed E-state index contributed by atoms with van der Waals surface area (Å²) < 4.78 is 0. The third kappa shape index (κ3) is 5.73. The van der Waals surface area contributed by atoms with Gasteiger partial charge < -0.3 is 0 Å². The van der Waals surface area contributed by atoms with Crippen LogP contribution >= 0.6 is 17.0 Å². The van der Waals surface area contributed by atoms with Gasteiger partial charge >= 0.3 is 37.9 Å². The summed E-state index contributed by atoms with van der Waals surface area (Å²) in [5.41, 5.74) is 8.55. The molecule has 0 amide bonds. The number of benzene rings is 4. The molecule has 0 nitrogen and oxygen atoms in total. The van der Waals surface area contributed by atoms with E-state index >= 15 is 0 Å². The van der Waals surface area contributed by atoms with Crippen molar-refractivity contribution in [1.29, 1.82) is 0 Å². The van der Waals surface area contributed by atoms with Crippen LogP contribution in [0.25, 0.3) is 11.1 Å². The van der Waals surface area contributed by atoms with Crippen LogP contribution in [0.4, 0.5) is 0 Å². The summed E-state index contributed by atoms with van der Waals surface area (Å²) >= 11 is -0.826. The second-order valence-electron chi connectivity index (χ2n) is 13.3. The molecule has 4 aromatic carbocycles. The van der Waals surface area contributed by atoms with Crippen molar-refractivity contribution in [3.8, 4) is 11.1 Å². The van der Waals surface area contributed by atoms with Gasteiger partial charge in [0.2, 0.25) is 0 Å². The molecule has 5 aliphatic rings. The molecule has 4 aliphatic carbocycles. The van der Waals surface area contributed by atoms with Crippen molar-refractivity contribution < 1.29 is 20.8 Å². The molecular weight excluding hydrogens is 743 g/mol. The molecule has 0 aromatic heterocycles. The normalized spacial score (nSPS) is 23.8. The van der Waals surface area contributed by atoms with Crippen LogP contribution in [0.2, 0.25) is 0 Å². The first-order valence-electron chi connectivity index (χ1n) is 17.2. The van der Waals surface area contributed by atoms with Crippen molar-refractivity contribution in [2.24, 2.45) is 0 Å². The summed E-state index contributed by atoms with van der Waals surface area (Å²) in [5.74, 6) is 8.85. The van der Waals surface area contributed by atoms with Crippen molar-refractivity contribution in [1.82, 2.24) is 0 Å². The van der Waals surface area contributed by atoms with E-state index in [0.29, 0.717) is 0 Å².